The van der Waals surface area contributed by atoms with E-state index in [0.717, 1.165) is 0 Å². The molecule has 1 atom stereocenters. The average Bonchev–Trinajstić information content (AvgIpc) is 2.00. The highest BCUT2D eigenvalue weighted by Crippen LogP contribution is 2.40. The Morgan fingerprint density at radius 2 is 2.00 bits per heavy atom. The van der Waals surface area contributed by atoms with Gasteiger partial charge in [0.2, 0.25) is 0 Å². The lowest BCUT2D eigenvalue weighted by Crippen LogP contribution is -2.52. The maximum atomic E-state index is 11.3. The molecule has 0 unspecified atom stereocenters. The van der Waals surface area contributed by atoms with Gasteiger partial charge in [-0.15, -0.1) is 0 Å². The minimum absolute atomic E-state index is 0.276. The first kappa shape index (κ1) is 11.6. The molecule has 14 heavy (non-hydrogen) atoms. The highest BCUT2D eigenvalue weighted by Gasteiger charge is 2.49. The van der Waals surface area contributed by atoms with Gasteiger partial charge in [-0.1, -0.05) is 36.7 Å². The Kier molecular flexibility index (Phi) is 2.95. The van der Waals surface area contributed by atoms with Crippen molar-refractivity contribution in [2.45, 2.75) is 33.5 Å². The van der Waals surface area contributed by atoms with Crippen molar-refractivity contribution in [3.63, 3.8) is 0 Å². The Morgan fingerprint density at radius 1 is 1.43 bits per heavy atom. The number of hydrogen-bond acceptors (Lipinski definition) is 3. The van der Waals surface area contributed by atoms with Crippen LogP contribution in [0, 0.1) is 5.41 Å². The number of cyclic esters (lactones) is 1. The van der Waals surface area contributed by atoms with Gasteiger partial charge in [0.1, 0.15) is 5.76 Å². The van der Waals surface area contributed by atoms with Crippen LogP contribution >= 0.6 is 15.9 Å². The van der Waals surface area contributed by atoms with Gasteiger partial charge in [-0.05, 0) is 6.92 Å². The zero-order chi connectivity index (χ0) is 11.0. The van der Waals surface area contributed by atoms with Crippen LogP contribution in [0.15, 0.2) is 11.8 Å². The summed E-state index contributed by atoms with van der Waals surface area (Å²) in [5.74, 6) is -0.651. The van der Waals surface area contributed by atoms with Crippen molar-refractivity contribution in [2.75, 3.05) is 5.33 Å². The van der Waals surface area contributed by atoms with Crippen molar-refractivity contribution < 1.29 is 14.3 Å². The van der Waals surface area contributed by atoms with Gasteiger partial charge in [-0.3, -0.25) is 0 Å². The molecule has 1 heterocycles. The second-order valence-corrected chi connectivity index (χ2v) is 4.98. The van der Waals surface area contributed by atoms with Crippen LogP contribution in [0.25, 0.3) is 0 Å². The molecule has 0 spiro atoms. The second kappa shape index (κ2) is 3.57. The van der Waals surface area contributed by atoms with Crippen LogP contribution < -0.4 is 0 Å². The molecule has 1 aliphatic rings. The number of carbonyl (C=O) groups excluding carboxylic acids is 1. The number of rotatable bonds is 1. The average molecular weight is 263 g/mol. The standard InChI is InChI=1S/C10H15BrO3/c1-7-5-8(12)14-10(6-11,13-7)9(2,3)4/h5H,6H2,1-4H3/t10-/m1/s1. The lowest BCUT2D eigenvalue weighted by molar-refractivity contribution is -0.249. The van der Waals surface area contributed by atoms with E-state index in [1.54, 1.807) is 6.92 Å². The smallest absolute Gasteiger partial charge is 0.337 e. The Morgan fingerprint density at radius 3 is 2.36 bits per heavy atom. The van der Waals surface area contributed by atoms with E-state index in [1.165, 1.54) is 6.08 Å². The first-order valence-corrected chi connectivity index (χ1v) is 5.59. The van der Waals surface area contributed by atoms with E-state index in [9.17, 15) is 4.79 Å². The Labute approximate surface area is 92.6 Å². The molecular weight excluding hydrogens is 248 g/mol. The number of halogens is 1. The molecule has 0 amide bonds. The molecule has 0 saturated carbocycles. The molecule has 0 aromatic carbocycles. The highest BCUT2D eigenvalue weighted by atomic mass is 79.9. The molecule has 0 bridgehead atoms. The van der Waals surface area contributed by atoms with Crippen LogP contribution in [0.1, 0.15) is 27.7 Å². The maximum absolute atomic E-state index is 11.3. The van der Waals surface area contributed by atoms with Gasteiger partial charge in [-0.25, -0.2) is 4.79 Å². The van der Waals surface area contributed by atoms with Crippen LogP contribution in [0.4, 0.5) is 0 Å². The number of carbonyl (C=O) groups is 1. The van der Waals surface area contributed by atoms with Gasteiger partial charge in [0.05, 0.1) is 11.4 Å². The van der Waals surface area contributed by atoms with E-state index < -0.39 is 5.79 Å². The van der Waals surface area contributed by atoms with E-state index in [1.807, 2.05) is 20.8 Å². The lowest BCUT2D eigenvalue weighted by Gasteiger charge is -2.43. The molecule has 0 fully saturated rings. The number of ether oxygens (including phenoxy) is 2. The number of hydrogen-bond donors (Lipinski definition) is 0. The van der Waals surface area contributed by atoms with E-state index in [0.29, 0.717) is 11.1 Å². The third kappa shape index (κ3) is 1.95. The molecule has 80 valence electrons. The number of alkyl halides is 1. The van der Waals surface area contributed by atoms with Gasteiger partial charge in [0.15, 0.2) is 0 Å². The van der Waals surface area contributed by atoms with Crippen LogP contribution in [-0.2, 0) is 14.3 Å². The molecule has 0 saturated heterocycles. The van der Waals surface area contributed by atoms with Gasteiger partial charge in [-0.2, -0.15) is 0 Å². The molecule has 1 aliphatic heterocycles. The SMILES string of the molecule is CC1=CC(=O)O[C@](CBr)(C(C)(C)C)O1. The van der Waals surface area contributed by atoms with Crippen molar-refractivity contribution in [2.24, 2.45) is 5.41 Å². The summed E-state index contributed by atoms with van der Waals surface area (Å²) < 4.78 is 10.9. The molecule has 0 N–H and O–H groups in total. The van der Waals surface area contributed by atoms with Crippen molar-refractivity contribution in [3.05, 3.63) is 11.8 Å². The summed E-state index contributed by atoms with van der Waals surface area (Å²) in [6.07, 6.45) is 1.35. The van der Waals surface area contributed by atoms with Crippen LogP contribution in [0.5, 0.6) is 0 Å². The summed E-state index contributed by atoms with van der Waals surface area (Å²) in [6, 6.07) is 0. The lowest BCUT2D eigenvalue weighted by atomic mass is 9.86. The Bertz CT molecular complexity index is 278. The van der Waals surface area contributed by atoms with Gasteiger partial charge in [0, 0.05) is 5.41 Å². The summed E-state index contributed by atoms with van der Waals surface area (Å²) in [6.45, 7) is 7.67. The molecule has 4 heteroatoms. The third-order valence-electron chi connectivity index (χ3n) is 2.23. The molecule has 0 aromatic rings. The van der Waals surface area contributed by atoms with Gasteiger partial charge < -0.3 is 9.47 Å². The van der Waals surface area contributed by atoms with Crippen molar-refractivity contribution in [1.29, 1.82) is 0 Å². The van der Waals surface area contributed by atoms with E-state index >= 15 is 0 Å². The van der Waals surface area contributed by atoms with Gasteiger partial charge >= 0.3 is 5.97 Å². The third-order valence-corrected chi connectivity index (χ3v) is 2.97. The minimum atomic E-state index is -0.900. The molecule has 0 aliphatic carbocycles. The predicted octanol–water partition coefficient (Wildman–Crippen LogP) is 2.60. The van der Waals surface area contributed by atoms with Crippen molar-refractivity contribution >= 4 is 21.9 Å². The zero-order valence-electron chi connectivity index (χ0n) is 8.89. The van der Waals surface area contributed by atoms with E-state index in [-0.39, 0.29) is 11.4 Å². The predicted molar refractivity (Wildman–Crippen MR) is 56.9 cm³/mol. The number of allylic oxidation sites excluding steroid dienone is 1. The van der Waals surface area contributed by atoms with E-state index in [2.05, 4.69) is 15.9 Å². The summed E-state index contributed by atoms with van der Waals surface area (Å²) in [5.41, 5.74) is -0.276. The highest BCUT2D eigenvalue weighted by molar-refractivity contribution is 9.09. The van der Waals surface area contributed by atoms with Crippen molar-refractivity contribution in [3.8, 4) is 0 Å². The summed E-state index contributed by atoms with van der Waals surface area (Å²) >= 11 is 3.33. The van der Waals surface area contributed by atoms with E-state index in [4.69, 9.17) is 9.47 Å². The fourth-order valence-corrected chi connectivity index (χ4v) is 2.30. The Balaban J connectivity index is 3.05. The summed E-state index contributed by atoms with van der Waals surface area (Å²) in [7, 11) is 0. The van der Waals surface area contributed by atoms with Gasteiger partial charge in [0.25, 0.3) is 5.79 Å². The molecule has 1 rings (SSSR count). The second-order valence-electron chi connectivity index (χ2n) is 4.41. The first-order valence-electron chi connectivity index (χ1n) is 4.47. The van der Waals surface area contributed by atoms with Crippen LogP contribution in [0.2, 0.25) is 0 Å². The monoisotopic (exact) mass is 262 g/mol. The first-order chi connectivity index (χ1) is 6.31. The zero-order valence-corrected chi connectivity index (χ0v) is 10.5. The Hall–Kier alpha value is -0.510. The molecule has 0 aromatic heterocycles. The summed E-state index contributed by atoms with van der Waals surface area (Å²) in [4.78, 5) is 11.3. The largest absolute Gasteiger partial charge is 0.455 e. The maximum Gasteiger partial charge on any atom is 0.337 e. The molecule has 0 radical (unpaired) electrons. The fraction of sp³-hybridized carbons (Fsp3) is 0.700. The number of esters is 1. The topological polar surface area (TPSA) is 35.5 Å². The quantitative estimate of drug-likeness (QED) is 0.539. The minimum Gasteiger partial charge on any atom is -0.455 e. The normalized spacial score (nSPS) is 27.8. The molecule has 3 nitrogen and oxygen atoms in total. The van der Waals surface area contributed by atoms with Crippen LogP contribution in [0.3, 0.4) is 0 Å². The summed E-state index contributed by atoms with van der Waals surface area (Å²) in [5, 5.41) is 0.459. The molecular formula is C10H15BrO3. The van der Waals surface area contributed by atoms with Crippen LogP contribution in [-0.4, -0.2) is 17.1 Å². The van der Waals surface area contributed by atoms with Crippen molar-refractivity contribution in [1.82, 2.24) is 0 Å². The fourth-order valence-electron chi connectivity index (χ4n) is 1.23.